The molecule has 16 heavy (non-hydrogen) atoms. The lowest BCUT2D eigenvalue weighted by Crippen LogP contribution is -2.01. The molecule has 1 aromatic carbocycles. The molecule has 1 unspecified atom stereocenters. The van der Waals surface area contributed by atoms with Crippen molar-refractivity contribution < 1.29 is 14.6 Å². The molecule has 0 aromatic heterocycles. The quantitative estimate of drug-likeness (QED) is 0.748. The largest absolute Gasteiger partial charge is 0.497 e. The van der Waals surface area contributed by atoms with Crippen molar-refractivity contribution in [2.75, 3.05) is 7.11 Å². The molecule has 0 saturated heterocycles. The standard InChI is InChI=1S/C13H16O3/c1-3-11(14)7-8-13(15)10-5-4-6-12(9-10)16-2/h3-6,9,13,15H,1,7-8H2,2H3. The molecule has 1 rings (SSSR count). The molecule has 1 N–H and O–H groups in total. The predicted octanol–water partition coefficient (Wildman–Crippen LogP) is 2.26. The van der Waals surface area contributed by atoms with Gasteiger partial charge in [-0.2, -0.15) is 0 Å². The molecule has 0 saturated carbocycles. The predicted molar refractivity (Wildman–Crippen MR) is 62.4 cm³/mol. The van der Waals surface area contributed by atoms with Gasteiger partial charge in [0.05, 0.1) is 13.2 Å². The van der Waals surface area contributed by atoms with Crippen LogP contribution in [0.2, 0.25) is 0 Å². The van der Waals surface area contributed by atoms with E-state index < -0.39 is 6.10 Å². The highest BCUT2D eigenvalue weighted by atomic mass is 16.5. The number of aliphatic hydroxyl groups is 1. The summed E-state index contributed by atoms with van der Waals surface area (Å²) in [5.74, 6) is 0.647. The molecule has 0 amide bonds. The molecule has 0 radical (unpaired) electrons. The average Bonchev–Trinajstić information content (AvgIpc) is 2.35. The van der Waals surface area contributed by atoms with Gasteiger partial charge >= 0.3 is 0 Å². The minimum Gasteiger partial charge on any atom is -0.497 e. The number of carbonyl (C=O) groups excluding carboxylic acids is 1. The Morgan fingerprint density at radius 1 is 1.62 bits per heavy atom. The normalized spacial score (nSPS) is 11.9. The summed E-state index contributed by atoms with van der Waals surface area (Å²) in [4.78, 5) is 11.0. The maximum Gasteiger partial charge on any atom is 0.155 e. The lowest BCUT2D eigenvalue weighted by atomic mass is 10.0. The first-order chi connectivity index (χ1) is 7.67. The Morgan fingerprint density at radius 2 is 2.38 bits per heavy atom. The van der Waals surface area contributed by atoms with Gasteiger partial charge in [0, 0.05) is 6.42 Å². The van der Waals surface area contributed by atoms with E-state index in [-0.39, 0.29) is 5.78 Å². The van der Waals surface area contributed by atoms with E-state index >= 15 is 0 Å². The van der Waals surface area contributed by atoms with Crippen molar-refractivity contribution in [3.8, 4) is 5.75 Å². The van der Waals surface area contributed by atoms with Crippen molar-refractivity contribution in [3.63, 3.8) is 0 Å². The van der Waals surface area contributed by atoms with Gasteiger partial charge in [-0.15, -0.1) is 0 Å². The number of aliphatic hydroxyl groups excluding tert-OH is 1. The molecule has 3 heteroatoms. The highest BCUT2D eigenvalue weighted by Gasteiger charge is 2.09. The third-order valence-electron chi connectivity index (χ3n) is 2.37. The monoisotopic (exact) mass is 220 g/mol. The maximum absolute atomic E-state index is 11.0. The lowest BCUT2D eigenvalue weighted by molar-refractivity contribution is -0.115. The SMILES string of the molecule is C=CC(=O)CCC(O)c1cccc(OC)c1. The van der Waals surface area contributed by atoms with Crippen molar-refractivity contribution in [2.45, 2.75) is 18.9 Å². The molecular weight excluding hydrogens is 204 g/mol. The number of hydrogen-bond acceptors (Lipinski definition) is 3. The molecule has 0 fully saturated rings. The molecule has 0 aliphatic heterocycles. The third-order valence-corrected chi connectivity index (χ3v) is 2.37. The second-order valence-electron chi connectivity index (χ2n) is 3.50. The second kappa shape index (κ2) is 6.08. The first-order valence-corrected chi connectivity index (χ1v) is 5.14. The van der Waals surface area contributed by atoms with Crippen LogP contribution < -0.4 is 4.74 Å². The Labute approximate surface area is 95.4 Å². The van der Waals surface area contributed by atoms with E-state index in [1.807, 2.05) is 18.2 Å². The van der Waals surface area contributed by atoms with Crippen molar-refractivity contribution >= 4 is 5.78 Å². The van der Waals surface area contributed by atoms with Crippen LogP contribution in [0.3, 0.4) is 0 Å². The van der Waals surface area contributed by atoms with Gasteiger partial charge in [-0.25, -0.2) is 0 Å². The van der Waals surface area contributed by atoms with Crippen LogP contribution in [0.4, 0.5) is 0 Å². The van der Waals surface area contributed by atoms with Crippen LogP contribution in [0.25, 0.3) is 0 Å². The summed E-state index contributed by atoms with van der Waals surface area (Å²) in [7, 11) is 1.58. The van der Waals surface area contributed by atoms with Gasteiger partial charge in [0.15, 0.2) is 5.78 Å². The Morgan fingerprint density at radius 3 is 3.00 bits per heavy atom. The van der Waals surface area contributed by atoms with Gasteiger partial charge in [0.2, 0.25) is 0 Å². The van der Waals surface area contributed by atoms with E-state index in [9.17, 15) is 9.90 Å². The highest BCUT2D eigenvalue weighted by Crippen LogP contribution is 2.22. The van der Waals surface area contributed by atoms with E-state index in [4.69, 9.17) is 4.74 Å². The number of allylic oxidation sites excluding steroid dienone is 1. The zero-order valence-corrected chi connectivity index (χ0v) is 9.35. The molecule has 0 aliphatic carbocycles. The third kappa shape index (κ3) is 3.51. The zero-order chi connectivity index (χ0) is 12.0. The Hall–Kier alpha value is -1.61. The summed E-state index contributed by atoms with van der Waals surface area (Å²) < 4.78 is 5.06. The molecular formula is C13H16O3. The van der Waals surface area contributed by atoms with Crippen LogP contribution in [-0.2, 0) is 4.79 Å². The summed E-state index contributed by atoms with van der Waals surface area (Å²) in [5, 5.41) is 9.84. The molecule has 0 spiro atoms. The number of carbonyl (C=O) groups is 1. The first-order valence-electron chi connectivity index (χ1n) is 5.14. The molecule has 0 heterocycles. The van der Waals surface area contributed by atoms with Crippen LogP contribution >= 0.6 is 0 Å². The topological polar surface area (TPSA) is 46.5 Å². The Balaban J connectivity index is 2.61. The number of benzene rings is 1. The number of methoxy groups -OCH3 is 1. The Kier molecular flexibility index (Phi) is 4.73. The first kappa shape index (κ1) is 12.5. The molecule has 1 aromatic rings. The van der Waals surface area contributed by atoms with E-state index in [0.29, 0.717) is 18.6 Å². The van der Waals surface area contributed by atoms with Gasteiger partial charge < -0.3 is 9.84 Å². The van der Waals surface area contributed by atoms with Crippen LogP contribution in [0, 0.1) is 0 Å². The van der Waals surface area contributed by atoms with Gasteiger partial charge in [0.25, 0.3) is 0 Å². The van der Waals surface area contributed by atoms with Gasteiger partial charge in [0.1, 0.15) is 5.75 Å². The number of ether oxygens (including phenoxy) is 1. The molecule has 86 valence electrons. The molecule has 0 bridgehead atoms. The summed E-state index contributed by atoms with van der Waals surface area (Å²) in [6.45, 7) is 3.39. The minimum atomic E-state index is -0.640. The van der Waals surface area contributed by atoms with Crippen molar-refractivity contribution in [1.82, 2.24) is 0 Å². The van der Waals surface area contributed by atoms with Crippen molar-refractivity contribution in [2.24, 2.45) is 0 Å². The second-order valence-corrected chi connectivity index (χ2v) is 3.50. The van der Waals surface area contributed by atoms with Crippen molar-refractivity contribution in [1.29, 1.82) is 0 Å². The van der Waals surface area contributed by atoms with Crippen LogP contribution in [0.15, 0.2) is 36.9 Å². The number of hydrogen-bond donors (Lipinski definition) is 1. The minimum absolute atomic E-state index is 0.0538. The van der Waals surface area contributed by atoms with E-state index in [0.717, 1.165) is 5.56 Å². The molecule has 1 atom stereocenters. The molecule has 3 nitrogen and oxygen atoms in total. The van der Waals surface area contributed by atoms with Gasteiger partial charge in [-0.1, -0.05) is 18.7 Å². The summed E-state index contributed by atoms with van der Waals surface area (Å²) in [6.07, 6.45) is 1.34. The fraction of sp³-hybridized carbons (Fsp3) is 0.308. The van der Waals surface area contributed by atoms with Crippen LogP contribution in [0.1, 0.15) is 24.5 Å². The van der Waals surface area contributed by atoms with Crippen LogP contribution in [0.5, 0.6) is 5.75 Å². The van der Waals surface area contributed by atoms with E-state index in [2.05, 4.69) is 6.58 Å². The smallest absolute Gasteiger partial charge is 0.155 e. The van der Waals surface area contributed by atoms with Crippen molar-refractivity contribution in [3.05, 3.63) is 42.5 Å². The van der Waals surface area contributed by atoms with Gasteiger partial charge in [-0.05, 0) is 30.2 Å². The zero-order valence-electron chi connectivity index (χ0n) is 9.35. The fourth-order valence-corrected chi connectivity index (χ4v) is 1.40. The summed E-state index contributed by atoms with van der Waals surface area (Å²) in [6, 6.07) is 7.20. The number of ketones is 1. The Bertz CT molecular complexity index is 371. The average molecular weight is 220 g/mol. The summed E-state index contributed by atoms with van der Waals surface area (Å²) in [5.41, 5.74) is 0.760. The van der Waals surface area contributed by atoms with E-state index in [1.165, 1.54) is 6.08 Å². The summed E-state index contributed by atoms with van der Waals surface area (Å²) >= 11 is 0. The number of rotatable bonds is 6. The lowest BCUT2D eigenvalue weighted by Gasteiger charge is -2.10. The molecule has 0 aliphatic rings. The van der Waals surface area contributed by atoms with Gasteiger partial charge in [-0.3, -0.25) is 4.79 Å². The fourth-order valence-electron chi connectivity index (χ4n) is 1.40. The maximum atomic E-state index is 11.0. The highest BCUT2D eigenvalue weighted by molar-refractivity contribution is 5.88. The van der Waals surface area contributed by atoms with E-state index in [1.54, 1.807) is 13.2 Å². The van der Waals surface area contributed by atoms with Crippen LogP contribution in [-0.4, -0.2) is 18.0 Å².